The van der Waals surface area contributed by atoms with Crippen LogP contribution in [0.5, 0.6) is 0 Å². The molecule has 0 saturated carbocycles. The van der Waals surface area contributed by atoms with Gasteiger partial charge in [-0.2, -0.15) is 4.37 Å². The highest BCUT2D eigenvalue weighted by Crippen LogP contribution is 2.31. The molecule has 3 rings (SSSR count). The van der Waals surface area contributed by atoms with Crippen molar-refractivity contribution in [3.8, 4) is 11.3 Å². The number of methoxy groups -OCH3 is 1. The van der Waals surface area contributed by atoms with Crippen molar-refractivity contribution in [1.29, 1.82) is 0 Å². The van der Waals surface area contributed by atoms with Gasteiger partial charge in [-0.1, -0.05) is 0 Å². The van der Waals surface area contributed by atoms with Crippen molar-refractivity contribution in [1.82, 2.24) is 14.3 Å². The maximum atomic E-state index is 12.9. The Labute approximate surface area is 134 Å². The highest BCUT2D eigenvalue weighted by atomic mass is 32.2. The SMILES string of the molecule is COCCc1nsc(Sc2ncc(-c3ccc(F)cc3)o2)n1. The van der Waals surface area contributed by atoms with Crippen molar-refractivity contribution < 1.29 is 13.5 Å². The predicted molar refractivity (Wildman–Crippen MR) is 81.5 cm³/mol. The Morgan fingerprint density at radius 3 is 2.91 bits per heavy atom. The van der Waals surface area contributed by atoms with Gasteiger partial charge in [-0.25, -0.2) is 14.4 Å². The molecule has 22 heavy (non-hydrogen) atoms. The average molecular weight is 337 g/mol. The van der Waals surface area contributed by atoms with E-state index in [4.69, 9.17) is 9.15 Å². The van der Waals surface area contributed by atoms with Gasteiger partial charge in [-0.15, -0.1) is 0 Å². The Morgan fingerprint density at radius 1 is 1.32 bits per heavy atom. The molecule has 0 saturated heterocycles. The zero-order valence-electron chi connectivity index (χ0n) is 11.7. The minimum atomic E-state index is -0.282. The smallest absolute Gasteiger partial charge is 0.263 e. The van der Waals surface area contributed by atoms with Crippen molar-refractivity contribution in [2.24, 2.45) is 0 Å². The summed E-state index contributed by atoms with van der Waals surface area (Å²) < 4.78 is 28.6. The van der Waals surface area contributed by atoms with E-state index < -0.39 is 0 Å². The van der Waals surface area contributed by atoms with Gasteiger partial charge in [0.05, 0.1) is 12.8 Å². The number of halogens is 1. The Kier molecular flexibility index (Phi) is 4.81. The normalized spacial score (nSPS) is 11.0. The number of benzene rings is 1. The van der Waals surface area contributed by atoms with Crippen LogP contribution in [0, 0.1) is 5.82 Å². The van der Waals surface area contributed by atoms with E-state index >= 15 is 0 Å². The molecule has 1 aromatic carbocycles. The summed E-state index contributed by atoms with van der Waals surface area (Å²) in [7, 11) is 1.64. The lowest BCUT2D eigenvalue weighted by Gasteiger charge is -1.95. The number of hydrogen-bond donors (Lipinski definition) is 0. The fourth-order valence-corrected chi connectivity index (χ4v) is 3.18. The summed E-state index contributed by atoms with van der Waals surface area (Å²) in [4.78, 5) is 8.58. The Hall–Kier alpha value is -1.77. The topological polar surface area (TPSA) is 61.0 Å². The number of hydrogen-bond acceptors (Lipinski definition) is 7. The van der Waals surface area contributed by atoms with Gasteiger partial charge in [0.2, 0.25) is 0 Å². The number of nitrogens with zero attached hydrogens (tertiary/aromatic N) is 3. The fourth-order valence-electron chi connectivity index (χ4n) is 1.70. The lowest BCUT2D eigenvalue weighted by Crippen LogP contribution is -1.95. The summed E-state index contributed by atoms with van der Waals surface area (Å²) in [6.07, 6.45) is 2.29. The van der Waals surface area contributed by atoms with E-state index in [1.54, 1.807) is 25.4 Å². The molecule has 0 bridgehead atoms. The monoisotopic (exact) mass is 337 g/mol. The first-order valence-corrected chi connectivity index (χ1v) is 8.05. The second-order valence-electron chi connectivity index (χ2n) is 4.32. The van der Waals surface area contributed by atoms with Gasteiger partial charge in [0.1, 0.15) is 11.6 Å². The van der Waals surface area contributed by atoms with Crippen molar-refractivity contribution in [3.05, 3.63) is 42.1 Å². The molecule has 0 N–H and O–H groups in total. The van der Waals surface area contributed by atoms with Gasteiger partial charge in [0.25, 0.3) is 5.22 Å². The quantitative estimate of drug-likeness (QED) is 0.684. The summed E-state index contributed by atoms with van der Waals surface area (Å²) in [6, 6.07) is 6.07. The minimum Gasteiger partial charge on any atom is -0.431 e. The van der Waals surface area contributed by atoms with Crippen molar-refractivity contribution in [2.45, 2.75) is 16.0 Å². The van der Waals surface area contributed by atoms with Gasteiger partial charge in [-0.3, -0.25) is 0 Å². The predicted octanol–water partition coefficient (Wildman–Crippen LogP) is 3.67. The maximum absolute atomic E-state index is 12.9. The lowest BCUT2D eigenvalue weighted by molar-refractivity contribution is 0.200. The molecule has 0 atom stereocenters. The summed E-state index contributed by atoms with van der Waals surface area (Å²) in [5, 5.41) is 0.480. The summed E-state index contributed by atoms with van der Waals surface area (Å²) >= 11 is 2.61. The number of oxazole rings is 1. The standard InChI is InChI=1S/C14H12FN3O2S2/c1-19-7-6-12-17-14(22-18-12)21-13-16-8-11(20-13)9-2-4-10(15)5-3-9/h2-5,8H,6-7H2,1H3. The molecule has 8 heteroatoms. The first-order chi connectivity index (χ1) is 10.7. The highest BCUT2D eigenvalue weighted by Gasteiger charge is 2.11. The third-order valence-electron chi connectivity index (χ3n) is 2.77. The molecular weight excluding hydrogens is 325 g/mol. The largest absolute Gasteiger partial charge is 0.431 e. The van der Waals surface area contributed by atoms with Crippen molar-refractivity contribution in [2.75, 3.05) is 13.7 Å². The molecule has 0 aliphatic rings. The summed E-state index contributed by atoms with van der Waals surface area (Å²) in [5.74, 6) is 1.06. The third kappa shape index (κ3) is 3.70. The zero-order valence-corrected chi connectivity index (χ0v) is 13.3. The summed E-state index contributed by atoms with van der Waals surface area (Å²) in [6.45, 7) is 0.592. The number of ether oxygens (including phenoxy) is 1. The fraction of sp³-hybridized carbons (Fsp3) is 0.214. The Morgan fingerprint density at radius 2 is 2.14 bits per heavy atom. The Bertz CT molecular complexity index is 743. The second kappa shape index (κ2) is 6.99. The van der Waals surface area contributed by atoms with E-state index in [0.29, 0.717) is 24.0 Å². The van der Waals surface area contributed by atoms with Crippen molar-refractivity contribution >= 4 is 23.3 Å². The van der Waals surface area contributed by atoms with Crippen LogP contribution in [0.15, 0.2) is 44.4 Å². The van der Waals surface area contributed by atoms with Crippen LogP contribution < -0.4 is 0 Å². The molecule has 2 aromatic heterocycles. The molecule has 0 spiro atoms. The molecule has 0 aliphatic heterocycles. The van der Waals surface area contributed by atoms with Gasteiger partial charge in [-0.05, 0) is 35.8 Å². The molecule has 0 fully saturated rings. The average Bonchev–Trinajstić information content (AvgIpc) is 3.16. The van der Waals surface area contributed by atoms with Crippen LogP contribution in [0.25, 0.3) is 11.3 Å². The lowest BCUT2D eigenvalue weighted by atomic mass is 10.2. The molecule has 0 unspecified atom stereocenters. The van der Waals surface area contributed by atoms with E-state index in [1.807, 2.05) is 0 Å². The molecular formula is C14H12FN3O2S2. The van der Waals surface area contributed by atoms with Gasteiger partial charge in [0, 0.05) is 30.9 Å². The van der Waals surface area contributed by atoms with E-state index in [2.05, 4.69) is 14.3 Å². The molecule has 2 heterocycles. The molecule has 5 nitrogen and oxygen atoms in total. The van der Waals surface area contributed by atoms with Crippen LogP contribution in [0.3, 0.4) is 0 Å². The van der Waals surface area contributed by atoms with E-state index in [-0.39, 0.29) is 5.82 Å². The van der Waals surface area contributed by atoms with Crippen LogP contribution >= 0.6 is 23.3 Å². The third-order valence-corrected chi connectivity index (χ3v) is 4.42. The maximum Gasteiger partial charge on any atom is 0.263 e. The number of rotatable bonds is 6. The second-order valence-corrected chi connectivity index (χ2v) is 6.27. The van der Waals surface area contributed by atoms with Crippen LogP contribution in [-0.2, 0) is 11.2 Å². The summed E-state index contributed by atoms with van der Waals surface area (Å²) in [5.41, 5.74) is 0.777. The van der Waals surface area contributed by atoms with Gasteiger partial charge in [0.15, 0.2) is 10.1 Å². The van der Waals surface area contributed by atoms with E-state index in [0.717, 1.165) is 15.7 Å². The first kappa shape index (κ1) is 15.1. The van der Waals surface area contributed by atoms with Crippen LogP contribution in [-0.4, -0.2) is 28.1 Å². The first-order valence-electron chi connectivity index (χ1n) is 6.46. The van der Waals surface area contributed by atoms with Crippen LogP contribution in [0.2, 0.25) is 0 Å². The van der Waals surface area contributed by atoms with Crippen molar-refractivity contribution in [3.63, 3.8) is 0 Å². The highest BCUT2D eigenvalue weighted by molar-refractivity contribution is 8.00. The molecule has 3 aromatic rings. The Balaban J connectivity index is 1.69. The van der Waals surface area contributed by atoms with Gasteiger partial charge < -0.3 is 9.15 Å². The number of aromatic nitrogens is 3. The van der Waals surface area contributed by atoms with E-state index in [9.17, 15) is 4.39 Å². The minimum absolute atomic E-state index is 0.282. The van der Waals surface area contributed by atoms with Crippen LogP contribution in [0.1, 0.15) is 5.82 Å². The zero-order chi connectivity index (χ0) is 15.4. The molecule has 0 amide bonds. The molecule has 0 radical (unpaired) electrons. The van der Waals surface area contributed by atoms with E-state index in [1.165, 1.54) is 35.4 Å². The molecule has 114 valence electrons. The molecule has 0 aliphatic carbocycles. The van der Waals surface area contributed by atoms with Crippen LogP contribution in [0.4, 0.5) is 4.39 Å². The van der Waals surface area contributed by atoms with Gasteiger partial charge >= 0.3 is 0 Å².